The molecule has 0 saturated heterocycles. The first kappa shape index (κ1) is 29.1. The zero-order valence-electron chi connectivity index (χ0n) is 22.5. The summed E-state index contributed by atoms with van der Waals surface area (Å²) in [7, 11) is -4.37. The van der Waals surface area contributed by atoms with E-state index in [1.165, 1.54) is 0 Å². The van der Waals surface area contributed by atoms with Crippen molar-refractivity contribution in [3.8, 4) is 11.5 Å². The van der Waals surface area contributed by atoms with Crippen molar-refractivity contribution in [3.63, 3.8) is 0 Å². The number of non-ortho nitro benzene ring substituents is 1. The van der Waals surface area contributed by atoms with Crippen molar-refractivity contribution < 1.29 is 27.6 Å². The minimum absolute atomic E-state index is 0.136. The van der Waals surface area contributed by atoms with Crippen LogP contribution in [0.15, 0.2) is 77.8 Å². The molecular formula is C28H29N5O7S. The fourth-order valence-electron chi connectivity index (χ4n) is 4.08. The molecule has 4 rings (SSSR count). The second kappa shape index (κ2) is 12.1. The van der Waals surface area contributed by atoms with Crippen molar-refractivity contribution in [1.29, 1.82) is 0 Å². The van der Waals surface area contributed by atoms with Crippen molar-refractivity contribution in [3.05, 3.63) is 88.6 Å². The molecule has 0 aliphatic rings. The van der Waals surface area contributed by atoms with Crippen LogP contribution in [-0.4, -0.2) is 36.9 Å². The number of pyridine rings is 1. The fraction of sp³-hybridized carbons (Fsp3) is 0.214. The molecule has 0 fully saturated rings. The predicted molar refractivity (Wildman–Crippen MR) is 154 cm³/mol. The highest BCUT2D eigenvalue weighted by atomic mass is 32.2. The van der Waals surface area contributed by atoms with E-state index in [2.05, 4.69) is 15.0 Å². The number of nitrogens with one attached hydrogen (secondary N) is 2. The van der Waals surface area contributed by atoms with Gasteiger partial charge in [0.1, 0.15) is 11.9 Å². The van der Waals surface area contributed by atoms with Crippen LogP contribution in [0, 0.1) is 10.1 Å². The molecule has 0 saturated carbocycles. The molecule has 0 aliphatic carbocycles. The van der Waals surface area contributed by atoms with Gasteiger partial charge in [-0.25, -0.2) is 18.1 Å². The maximum atomic E-state index is 13.6. The molecule has 4 N–H and O–H groups in total. The van der Waals surface area contributed by atoms with Gasteiger partial charge in [0.2, 0.25) is 0 Å². The number of hydrogen-bond acceptors (Lipinski definition) is 10. The number of fused-ring (bicyclic) bond motifs is 1. The van der Waals surface area contributed by atoms with E-state index in [9.17, 15) is 23.3 Å². The molecule has 1 atom stereocenters. The Kier molecular flexibility index (Phi) is 8.57. The number of nitrogens with two attached hydrogens (primary N) is 1. The number of aromatic nitrogens is 1. The molecule has 0 spiro atoms. The van der Waals surface area contributed by atoms with E-state index >= 15 is 0 Å². The van der Waals surface area contributed by atoms with E-state index in [0.717, 1.165) is 29.7 Å². The van der Waals surface area contributed by atoms with Crippen LogP contribution in [-0.2, 0) is 14.8 Å². The second-order valence-electron chi connectivity index (χ2n) is 9.24. The third kappa shape index (κ3) is 6.81. The monoisotopic (exact) mass is 579 g/mol. The molecule has 214 valence electrons. The first-order valence-electron chi connectivity index (χ1n) is 12.6. The van der Waals surface area contributed by atoms with Crippen LogP contribution in [0.1, 0.15) is 32.4 Å². The Hall–Kier alpha value is -4.91. The van der Waals surface area contributed by atoms with Gasteiger partial charge in [-0.15, -0.1) is 0 Å². The Labute approximate surface area is 236 Å². The highest BCUT2D eigenvalue weighted by molar-refractivity contribution is 7.90. The van der Waals surface area contributed by atoms with Gasteiger partial charge in [-0.05, 0) is 80.3 Å². The molecule has 1 amide bonds. The number of nitro groups is 1. The Morgan fingerprint density at radius 3 is 2.44 bits per heavy atom. The van der Waals surface area contributed by atoms with E-state index in [0.29, 0.717) is 40.6 Å². The number of amides is 1. The predicted octanol–water partition coefficient (Wildman–Crippen LogP) is 4.57. The summed E-state index contributed by atoms with van der Waals surface area (Å²) >= 11 is 0. The van der Waals surface area contributed by atoms with E-state index in [4.69, 9.17) is 15.2 Å². The molecule has 1 aromatic heterocycles. The Morgan fingerprint density at radius 2 is 1.78 bits per heavy atom. The number of sulfonamides is 1. The van der Waals surface area contributed by atoms with E-state index in [1.807, 2.05) is 13.8 Å². The Bertz CT molecular complexity index is 1690. The number of nitrogens with zero attached hydrogens (tertiary/aromatic N) is 2. The average molecular weight is 580 g/mol. The van der Waals surface area contributed by atoms with Crippen LogP contribution in [0.4, 0.5) is 17.2 Å². The summed E-state index contributed by atoms with van der Waals surface area (Å²) in [5, 5.41) is 15.6. The first-order valence-corrected chi connectivity index (χ1v) is 14.1. The van der Waals surface area contributed by atoms with Gasteiger partial charge in [-0.1, -0.05) is 6.07 Å². The smallest absolute Gasteiger partial charge is 0.269 e. The lowest BCUT2D eigenvalue weighted by Gasteiger charge is -2.22. The number of ether oxygens (including phenoxy) is 2. The minimum atomic E-state index is -4.37. The number of anilines is 2. The Morgan fingerprint density at radius 1 is 1.05 bits per heavy atom. The largest absolute Gasteiger partial charge is 0.490 e. The normalized spacial score (nSPS) is 12.1. The molecule has 41 heavy (non-hydrogen) atoms. The lowest BCUT2D eigenvalue weighted by atomic mass is 10.0. The topological polar surface area (TPSA) is 176 Å². The summed E-state index contributed by atoms with van der Waals surface area (Å²) in [6.45, 7) is 5.87. The van der Waals surface area contributed by atoms with Crippen LogP contribution < -0.4 is 25.2 Å². The number of carbonyl (C=O) groups is 1. The molecule has 0 bridgehead atoms. The molecule has 4 aromatic rings. The van der Waals surface area contributed by atoms with E-state index < -0.39 is 26.9 Å². The zero-order valence-corrected chi connectivity index (χ0v) is 23.3. The third-order valence-electron chi connectivity index (χ3n) is 5.92. The summed E-state index contributed by atoms with van der Waals surface area (Å²) in [6, 6.07) is 14.9. The van der Waals surface area contributed by atoms with E-state index in [-0.39, 0.29) is 16.7 Å². The maximum Gasteiger partial charge on any atom is 0.269 e. The molecule has 0 aliphatic heterocycles. The zero-order chi connectivity index (χ0) is 29.7. The van der Waals surface area contributed by atoms with Gasteiger partial charge in [0.15, 0.2) is 11.5 Å². The highest BCUT2D eigenvalue weighted by Crippen LogP contribution is 2.34. The van der Waals surface area contributed by atoms with E-state index in [1.54, 1.807) is 55.6 Å². The van der Waals surface area contributed by atoms with Crippen LogP contribution >= 0.6 is 0 Å². The molecule has 1 heterocycles. The summed E-state index contributed by atoms with van der Waals surface area (Å²) in [6.07, 6.45) is 1.42. The SMILES string of the molecule is CCOc1cc(C(Nc2ccc3c(N)nccc3c2)C(=O)NS(=O)(=O)c2ccc([N+](=O)[O-])cc2)ccc1OC(C)C. The molecule has 13 heteroatoms. The van der Waals surface area contributed by atoms with Crippen molar-refractivity contribution in [2.45, 2.75) is 37.8 Å². The summed E-state index contributed by atoms with van der Waals surface area (Å²) in [4.78, 5) is 27.7. The number of rotatable bonds is 11. The van der Waals surface area contributed by atoms with Crippen LogP contribution in [0.3, 0.4) is 0 Å². The Balaban J connectivity index is 1.73. The van der Waals surface area contributed by atoms with Gasteiger partial charge >= 0.3 is 0 Å². The summed E-state index contributed by atoms with van der Waals surface area (Å²) in [5.74, 6) is 0.308. The number of nitrogen functional groups attached to an aromatic ring is 1. The summed E-state index contributed by atoms with van der Waals surface area (Å²) < 4.78 is 39.8. The maximum absolute atomic E-state index is 13.6. The van der Waals surface area contributed by atoms with Crippen molar-refractivity contribution in [1.82, 2.24) is 9.71 Å². The van der Waals surface area contributed by atoms with Crippen LogP contribution in [0.2, 0.25) is 0 Å². The minimum Gasteiger partial charge on any atom is -0.490 e. The van der Waals surface area contributed by atoms with Gasteiger partial charge in [-0.3, -0.25) is 14.9 Å². The first-order chi connectivity index (χ1) is 19.5. The average Bonchev–Trinajstić information content (AvgIpc) is 2.92. The third-order valence-corrected chi connectivity index (χ3v) is 7.29. The van der Waals surface area contributed by atoms with Crippen molar-refractivity contribution >= 4 is 43.9 Å². The van der Waals surface area contributed by atoms with Gasteiger partial charge in [0.25, 0.3) is 21.6 Å². The van der Waals surface area contributed by atoms with Crippen LogP contribution in [0.25, 0.3) is 10.8 Å². The molecule has 1 unspecified atom stereocenters. The van der Waals surface area contributed by atoms with Crippen molar-refractivity contribution in [2.24, 2.45) is 0 Å². The highest BCUT2D eigenvalue weighted by Gasteiger charge is 2.28. The number of carbonyl (C=O) groups excluding carboxylic acids is 1. The summed E-state index contributed by atoms with van der Waals surface area (Å²) in [5.41, 5.74) is 6.59. The van der Waals surface area contributed by atoms with Gasteiger partial charge in [0, 0.05) is 29.4 Å². The number of benzene rings is 3. The molecule has 0 radical (unpaired) electrons. The lowest BCUT2D eigenvalue weighted by molar-refractivity contribution is -0.384. The van der Waals surface area contributed by atoms with Crippen LogP contribution in [0.5, 0.6) is 11.5 Å². The lowest BCUT2D eigenvalue weighted by Crippen LogP contribution is -2.37. The molecule has 3 aromatic carbocycles. The van der Waals surface area contributed by atoms with Gasteiger partial charge in [0.05, 0.1) is 22.5 Å². The van der Waals surface area contributed by atoms with Gasteiger partial charge < -0.3 is 20.5 Å². The fourth-order valence-corrected chi connectivity index (χ4v) is 5.07. The molecular weight excluding hydrogens is 550 g/mol. The second-order valence-corrected chi connectivity index (χ2v) is 10.9. The van der Waals surface area contributed by atoms with Gasteiger partial charge in [-0.2, -0.15) is 0 Å². The quantitative estimate of drug-likeness (QED) is 0.168. The standard InChI is InChI=1S/C28H29N5O7S/c1-4-39-25-16-19(5-12-24(25)40-17(2)3)26(31-20-6-11-23-18(15-20)13-14-30-27(23)29)28(34)32-41(37,38)22-9-7-21(8-10-22)33(35)36/h5-17,26,31H,4H2,1-3H3,(H2,29,30)(H,32,34). The van der Waals surface area contributed by atoms with Crippen molar-refractivity contribution in [2.75, 3.05) is 17.7 Å². The number of nitro benzene ring substituents is 1. The molecule has 12 nitrogen and oxygen atoms in total. The number of hydrogen-bond donors (Lipinski definition) is 3.